The standard InChI is InChI=1S/C23H28N2O5/c1-17(2)30-20(26)16-25(18-10-5-3-6-11-18)22(28)23(13-7-4-8-14-23)24-21(27)19-12-9-15-29-19/h3,5-6,9-12,15,17H,4,7-8,13-14,16H2,1-2H3,(H,24,27). The molecule has 7 heteroatoms. The van der Waals surface area contributed by atoms with Gasteiger partial charge in [0.15, 0.2) is 5.76 Å². The van der Waals surface area contributed by atoms with Crippen LogP contribution in [-0.2, 0) is 14.3 Å². The number of anilines is 1. The highest BCUT2D eigenvalue weighted by Gasteiger charge is 2.44. The molecule has 1 aliphatic rings. The lowest BCUT2D eigenvalue weighted by Crippen LogP contribution is -2.61. The quantitative estimate of drug-likeness (QED) is 0.701. The van der Waals surface area contributed by atoms with Gasteiger partial charge in [-0.05, 0) is 51.0 Å². The summed E-state index contributed by atoms with van der Waals surface area (Å²) in [6.45, 7) is 3.30. The highest BCUT2D eigenvalue weighted by atomic mass is 16.5. The maximum absolute atomic E-state index is 13.8. The molecule has 0 bridgehead atoms. The predicted molar refractivity (Wildman–Crippen MR) is 112 cm³/mol. The van der Waals surface area contributed by atoms with Crippen LogP contribution in [0.1, 0.15) is 56.5 Å². The Labute approximate surface area is 176 Å². The molecular weight excluding hydrogens is 384 g/mol. The van der Waals surface area contributed by atoms with Crippen LogP contribution in [0.2, 0.25) is 0 Å². The van der Waals surface area contributed by atoms with E-state index in [-0.39, 0.29) is 24.3 Å². The molecule has 1 saturated carbocycles. The summed E-state index contributed by atoms with van der Waals surface area (Å²) in [7, 11) is 0. The van der Waals surface area contributed by atoms with Gasteiger partial charge >= 0.3 is 5.97 Å². The fourth-order valence-corrected chi connectivity index (χ4v) is 3.81. The van der Waals surface area contributed by atoms with Gasteiger partial charge in [0.25, 0.3) is 11.8 Å². The number of nitrogens with zero attached hydrogens (tertiary/aromatic N) is 1. The number of amides is 2. The van der Waals surface area contributed by atoms with Gasteiger partial charge in [-0.1, -0.05) is 37.5 Å². The Balaban J connectivity index is 1.91. The lowest BCUT2D eigenvalue weighted by Gasteiger charge is -2.40. The Morgan fingerprint density at radius 1 is 1.07 bits per heavy atom. The maximum atomic E-state index is 13.8. The van der Waals surface area contributed by atoms with Crippen molar-refractivity contribution in [1.29, 1.82) is 0 Å². The van der Waals surface area contributed by atoms with Crippen LogP contribution in [0.5, 0.6) is 0 Å². The first kappa shape index (κ1) is 21.6. The van der Waals surface area contributed by atoms with Crippen molar-refractivity contribution in [3.8, 4) is 0 Å². The third kappa shape index (κ3) is 5.09. The summed E-state index contributed by atoms with van der Waals surface area (Å²) in [5.41, 5.74) is -0.517. The average Bonchev–Trinajstić information content (AvgIpc) is 3.27. The number of para-hydroxylation sites is 1. The number of rotatable bonds is 7. The van der Waals surface area contributed by atoms with E-state index in [1.54, 1.807) is 50.2 Å². The zero-order valence-corrected chi connectivity index (χ0v) is 17.4. The summed E-state index contributed by atoms with van der Waals surface area (Å²) < 4.78 is 10.5. The minimum absolute atomic E-state index is 0.151. The topological polar surface area (TPSA) is 88.9 Å². The summed E-state index contributed by atoms with van der Waals surface area (Å²) in [6.07, 6.45) is 4.75. The molecule has 2 aromatic rings. The molecule has 0 unspecified atom stereocenters. The number of ether oxygens (including phenoxy) is 1. The summed E-state index contributed by atoms with van der Waals surface area (Å²) in [4.78, 5) is 40.4. The van der Waals surface area contributed by atoms with Crippen LogP contribution in [0.4, 0.5) is 5.69 Å². The summed E-state index contributed by atoms with van der Waals surface area (Å²) in [6, 6.07) is 12.2. The van der Waals surface area contributed by atoms with E-state index in [4.69, 9.17) is 9.15 Å². The van der Waals surface area contributed by atoms with Crippen molar-refractivity contribution in [3.05, 3.63) is 54.5 Å². The second kappa shape index (κ2) is 9.61. The van der Waals surface area contributed by atoms with Gasteiger partial charge < -0.3 is 14.5 Å². The number of benzene rings is 1. The van der Waals surface area contributed by atoms with Crippen molar-refractivity contribution >= 4 is 23.5 Å². The smallest absolute Gasteiger partial charge is 0.326 e. The minimum atomic E-state index is -1.10. The highest BCUT2D eigenvalue weighted by molar-refractivity contribution is 6.06. The lowest BCUT2D eigenvalue weighted by atomic mass is 9.80. The Morgan fingerprint density at radius 3 is 2.37 bits per heavy atom. The zero-order chi connectivity index (χ0) is 21.6. The van der Waals surface area contributed by atoms with Crippen LogP contribution in [0.25, 0.3) is 0 Å². The lowest BCUT2D eigenvalue weighted by molar-refractivity contribution is -0.146. The number of carbonyl (C=O) groups is 3. The number of furan rings is 1. The fourth-order valence-electron chi connectivity index (χ4n) is 3.81. The number of hydrogen-bond acceptors (Lipinski definition) is 5. The minimum Gasteiger partial charge on any atom is -0.462 e. The van der Waals surface area contributed by atoms with E-state index in [1.807, 2.05) is 6.07 Å². The van der Waals surface area contributed by atoms with Gasteiger partial charge in [0.1, 0.15) is 12.1 Å². The second-order valence-electron chi connectivity index (χ2n) is 7.84. The number of esters is 1. The van der Waals surface area contributed by atoms with Crippen molar-refractivity contribution in [2.75, 3.05) is 11.4 Å². The first-order chi connectivity index (χ1) is 14.4. The molecule has 3 rings (SSSR count). The van der Waals surface area contributed by atoms with Crippen molar-refractivity contribution in [2.45, 2.75) is 57.6 Å². The molecule has 1 heterocycles. The van der Waals surface area contributed by atoms with Crippen molar-refractivity contribution < 1.29 is 23.5 Å². The fraction of sp³-hybridized carbons (Fsp3) is 0.435. The van der Waals surface area contributed by atoms with Gasteiger partial charge in [-0.15, -0.1) is 0 Å². The predicted octanol–water partition coefficient (Wildman–Crippen LogP) is 3.70. The summed E-state index contributed by atoms with van der Waals surface area (Å²) >= 11 is 0. The number of nitrogens with one attached hydrogen (secondary N) is 1. The van der Waals surface area contributed by atoms with Gasteiger partial charge in [0.2, 0.25) is 0 Å². The third-order valence-electron chi connectivity index (χ3n) is 5.18. The van der Waals surface area contributed by atoms with Crippen molar-refractivity contribution in [3.63, 3.8) is 0 Å². The number of hydrogen-bond donors (Lipinski definition) is 1. The zero-order valence-electron chi connectivity index (χ0n) is 17.4. The molecular formula is C23H28N2O5. The van der Waals surface area contributed by atoms with Crippen LogP contribution >= 0.6 is 0 Å². The van der Waals surface area contributed by atoms with Gasteiger partial charge in [-0.3, -0.25) is 19.3 Å². The molecule has 1 aromatic heterocycles. The van der Waals surface area contributed by atoms with E-state index in [1.165, 1.54) is 11.2 Å². The second-order valence-corrected chi connectivity index (χ2v) is 7.84. The SMILES string of the molecule is CC(C)OC(=O)CN(C(=O)C1(NC(=O)c2ccco2)CCCCC1)c1ccccc1. The van der Waals surface area contributed by atoms with Crippen LogP contribution in [0.3, 0.4) is 0 Å². The highest BCUT2D eigenvalue weighted by Crippen LogP contribution is 2.32. The van der Waals surface area contributed by atoms with Gasteiger partial charge in [0, 0.05) is 5.69 Å². The van der Waals surface area contributed by atoms with Gasteiger partial charge in [0.05, 0.1) is 12.4 Å². The molecule has 160 valence electrons. The maximum Gasteiger partial charge on any atom is 0.326 e. The molecule has 0 radical (unpaired) electrons. The monoisotopic (exact) mass is 412 g/mol. The van der Waals surface area contributed by atoms with E-state index in [9.17, 15) is 14.4 Å². The van der Waals surface area contributed by atoms with Gasteiger partial charge in [-0.25, -0.2) is 0 Å². The molecule has 2 amide bonds. The molecule has 7 nitrogen and oxygen atoms in total. The normalized spacial score (nSPS) is 15.4. The van der Waals surface area contributed by atoms with Crippen molar-refractivity contribution in [1.82, 2.24) is 5.32 Å². The van der Waals surface area contributed by atoms with Crippen LogP contribution in [0, 0.1) is 0 Å². The Morgan fingerprint density at radius 2 is 1.77 bits per heavy atom. The molecule has 0 spiro atoms. The summed E-state index contributed by atoms with van der Waals surface area (Å²) in [5.74, 6) is -1.09. The van der Waals surface area contributed by atoms with E-state index >= 15 is 0 Å². The molecule has 1 fully saturated rings. The van der Waals surface area contributed by atoms with Crippen LogP contribution in [-0.4, -0.2) is 36.0 Å². The van der Waals surface area contributed by atoms with Crippen LogP contribution in [0.15, 0.2) is 53.1 Å². The van der Waals surface area contributed by atoms with E-state index in [2.05, 4.69) is 5.32 Å². The molecule has 1 aromatic carbocycles. The molecule has 1 aliphatic carbocycles. The Bertz CT molecular complexity index is 855. The third-order valence-corrected chi connectivity index (χ3v) is 5.18. The van der Waals surface area contributed by atoms with E-state index < -0.39 is 17.4 Å². The first-order valence-corrected chi connectivity index (χ1v) is 10.3. The van der Waals surface area contributed by atoms with Gasteiger partial charge in [-0.2, -0.15) is 0 Å². The summed E-state index contributed by atoms with van der Waals surface area (Å²) in [5, 5.41) is 2.92. The average molecular weight is 412 g/mol. The first-order valence-electron chi connectivity index (χ1n) is 10.3. The molecule has 0 atom stereocenters. The van der Waals surface area contributed by atoms with E-state index in [0.29, 0.717) is 18.5 Å². The molecule has 0 saturated heterocycles. The largest absolute Gasteiger partial charge is 0.462 e. The van der Waals surface area contributed by atoms with E-state index in [0.717, 1.165) is 19.3 Å². The Hall–Kier alpha value is -3.09. The Kier molecular flexibility index (Phi) is 6.92. The molecule has 30 heavy (non-hydrogen) atoms. The van der Waals surface area contributed by atoms with Crippen molar-refractivity contribution in [2.24, 2.45) is 0 Å². The molecule has 1 N–H and O–H groups in total. The molecule has 0 aliphatic heterocycles. The van der Waals surface area contributed by atoms with Crippen LogP contribution < -0.4 is 10.2 Å². The number of carbonyl (C=O) groups excluding carboxylic acids is 3.